The summed E-state index contributed by atoms with van der Waals surface area (Å²) in [6, 6.07) is 0. The van der Waals surface area contributed by atoms with Gasteiger partial charge in [0.25, 0.3) is 11.7 Å². The molecule has 15 heavy (non-hydrogen) atoms. The van der Waals surface area contributed by atoms with E-state index in [1.807, 2.05) is 0 Å². The van der Waals surface area contributed by atoms with Gasteiger partial charge in [-0.25, -0.2) is 13.2 Å². The van der Waals surface area contributed by atoms with Gasteiger partial charge in [-0.1, -0.05) is 0 Å². The fourth-order valence-electron chi connectivity index (χ4n) is 0.976. The fraction of sp³-hybridized carbons (Fsp3) is 0.250. The van der Waals surface area contributed by atoms with Crippen molar-refractivity contribution in [1.29, 1.82) is 0 Å². The third-order valence-corrected chi connectivity index (χ3v) is 1.83. The highest BCUT2D eigenvalue weighted by Crippen LogP contribution is 2.29. The first-order valence-corrected chi connectivity index (χ1v) is 4.07. The van der Waals surface area contributed by atoms with E-state index in [2.05, 4.69) is 9.72 Å². The van der Waals surface area contributed by atoms with Gasteiger partial charge in [-0.15, -0.1) is 0 Å². The lowest BCUT2D eigenvalue weighted by Gasteiger charge is -2.08. The summed E-state index contributed by atoms with van der Waals surface area (Å²) >= 11 is 5.08. The summed E-state index contributed by atoms with van der Waals surface area (Å²) in [6.07, 6.45) is -2.34. The van der Waals surface area contributed by atoms with E-state index in [0.717, 1.165) is 13.3 Å². The number of hydrogen-bond acceptors (Lipinski definition) is 3. The summed E-state index contributed by atoms with van der Waals surface area (Å²) in [5.74, 6) is -2.00. The highest BCUT2D eigenvalue weighted by atomic mass is 35.5. The Labute approximate surface area is 87.8 Å². The van der Waals surface area contributed by atoms with Crippen LogP contribution in [0.4, 0.5) is 13.2 Å². The summed E-state index contributed by atoms with van der Waals surface area (Å²) in [7, 11) is 1.04. The van der Waals surface area contributed by atoms with E-state index >= 15 is 0 Å². The molecule has 0 saturated carbocycles. The molecule has 1 aromatic rings. The number of halogens is 4. The van der Waals surface area contributed by atoms with Crippen molar-refractivity contribution in [3.63, 3.8) is 0 Å². The number of pyridine rings is 1. The molecule has 1 rings (SSSR count). The zero-order valence-corrected chi connectivity index (χ0v) is 8.19. The van der Waals surface area contributed by atoms with Crippen molar-refractivity contribution >= 4 is 16.8 Å². The second kappa shape index (κ2) is 4.48. The molecule has 3 nitrogen and oxygen atoms in total. The lowest BCUT2D eigenvalue weighted by Crippen LogP contribution is -2.05. The topological polar surface area (TPSA) is 39.2 Å². The van der Waals surface area contributed by atoms with Crippen LogP contribution < -0.4 is 4.74 Å². The molecule has 0 saturated heterocycles. The first-order chi connectivity index (χ1) is 6.99. The van der Waals surface area contributed by atoms with Gasteiger partial charge in [0.1, 0.15) is 5.69 Å². The minimum absolute atomic E-state index is 0.388. The molecule has 0 aliphatic heterocycles. The number of carbonyl (C=O) groups excluding carboxylic acids is 1. The van der Waals surface area contributed by atoms with Crippen molar-refractivity contribution in [3.05, 3.63) is 23.3 Å². The monoisotopic (exact) mass is 239 g/mol. The largest absolute Gasteiger partial charge is 0.493 e. The summed E-state index contributed by atoms with van der Waals surface area (Å²) in [5, 5.41) is -1.03. The molecule has 0 N–H and O–H groups in total. The van der Waals surface area contributed by atoms with Gasteiger partial charge in [-0.2, -0.15) is 0 Å². The van der Waals surface area contributed by atoms with E-state index < -0.39 is 28.9 Å². The maximum absolute atomic E-state index is 13.3. The normalized spacial score (nSPS) is 10.5. The predicted molar refractivity (Wildman–Crippen MR) is 45.9 cm³/mol. The number of carbonyl (C=O) groups is 1. The maximum atomic E-state index is 13.3. The first-order valence-electron chi connectivity index (χ1n) is 3.69. The average molecular weight is 240 g/mol. The number of hydrogen-bond donors (Lipinski definition) is 0. The molecule has 0 aromatic carbocycles. The first kappa shape index (κ1) is 11.8. The molecular weight excluding hydrogens is 235 g/mol. The van der Waals surface area contributed by atoms with Crippen LogP contribution >= 0.6 is 11.6 Å². The number of aromatic nitrogens is 1. The minimum Gasteiger partial charge on any atom is -0.493 e. The Morgan fingerprint density at radius 2 is 2.20 bits per heavy atom. The van der Waals surface area contributed by atoms with Crippen molar-refractivity contribution in [1.82, 2.24) is 4.98 Å². The number of alkyl halides is 2. The fourth-order valence-corrected chi connectivity index (χ4v) is 1.11. The van der Waals surface area contributed by atoms with Crippen LogP contribution in [0.1, 0.15) is 22.5 Å². The number of nitrogens with zero attached hydrogens (tertiary/aromatic N) is 1. The van der Waals surface area contributed by atoms with E-state index in [1.165, 1.54) is 0 Å². The minimum atomic E-state index is -3.08. The molecule has 0 aliphatic rings. The van der Waals surface area contributed by atoms with Gasteiger partial charge in [0, 0.05) is 6.20 Å². The average Bonchev–Trinajstić information content (AvgIpc) is 2.16. The summed E-state index contributed by atoms with van der Waals surface area (Å²) in [4.78, 5) is 13.8. The van der Waals surface area contributed by atoms with E-state index in [4.69, 9.17) is 11.6 Å². The molecule has 0 amide bonds. The number of methoxy groups -OCH3 is 1. The van der Waals surface area contributed by atoms with Crippen molar-refractivity contribution in [3.8, 4) is 5.75 Å². The lowest BCUT2D eigenvalue weighted by atomic mass is 10.2. The molecule has 1 aromatic heterocycles. The van der Waals surface area contributed by atoms with Crippen LogP contribution in [0.5, 0.6) is 5.75 Å². The summed E-state index contributed by atoms with van der Waals surface area (Å²) in [6.45, 7) is 0. The van der Waals surface area contributed by atoms with Gasteiger partial charge >= 0.3 is 0 Å². The lowest BCUT2D eigenvalue weighted by molar-refractivity contribution is 0.107. The quantitative estimate of drug-likeness (QED) is 0.761. The van der Waals surface area contributed by atoms with Crippen LogP contribution in [0.25, 0.3) is 0 Å². The van der Waals surface area contributed by atoms with Crippen LogP contribution in [0.15, 0.2) is 6.20 Å². The molecule has 0 unspecified atom stereocenters. The van der Waals surface area contributed by atoms with Gasteiger partial charge in [-0.05, 0) is 11.6 Å². The molecular formula is C8H5ClF3NO2. The molecule has 0 spiro atoms. The second-order valence-electron chi connectivity index (χ2n) is 2.48. The summed E-state index contributed by atoms with van der Waals surface area (Å²) in [5.41, 5.74) is -1.46. The molecule has 1 heterocycles. The molecule has 0 fully saturated rings. The molecule has 0 aliphatic carbocycles. The van der Waals surface area contributed by atoms with Crippen molar-refractivity contribution in [2.24, 2.45) is 0 Å². The Morgan fingerprint density at radius 3 is 2.60 bits per heavy atom. The number of ether oxygens (including phenoxy) is 1. The predicted octanol–water partition coefficient (Wildman–Crippen LogP) is 2.55. The Kier molecular flexibility index (Phi) is 3.52. The van der Waals surface area contributed by atoms with Gasteiger partial charge in [0.05, 0.1) is 12.7 Å². The van der Waals surface area contributed by atoms with Gasteiger partial charge in [0.15, 0.2) is 11.6 Å². The smallest absolute Gasteiger partial charge is 0.283 e. The standard InChI is InChI=1S/C8H5ClF3NO2/c1-15-6-3(7(9)14)2-13-5(4(6)10)8(11)12/h2,8H,1H3. The third-order valence-electron chi connectivity index (χ3n) is 1.62. The van der Waals surface area contributed by atoms with E-state index in [9.17, 15) is 18.0 Å². The van der Waals surface area contributed by atoms with Crippen LogP contribution in [0, 0.1) is 5.82 Å². The Balaban J connectivity index is 3.39. The highest BCUT2D eigenvalue weighted by Gasteiger charge is 2.23. The van der Waals surface area contributed by atoms with Crippen LogP contribution in [-0.4, -0.2) is 17.3 Å². The van der Waals surface area contributed by atoms with E-state index in [0.29, 0.717) is 0 Å². The summed E-state index contributed by atoms with van der Waals surface area (Å²) < 4.78 is 42.1. The SMILES string of the molecule is COc1c(C(=O)Cl)cnc(C(F)F)c1F. The Hall–Kier alpha value is -1.30. The zero-order chi connectivity index (χ0) is 11.6. The second-order valence-corrected chi connectivity index (χ2v) is 2.82. The molecule has 0 atom stereocenters. The van der Waals surface area contributed by atoms with Crippen LogP contribution in [0.2, 0.25) is 0 Å². The van der Waals surface area contributed by atoms with Gasteiger partial charge in [0.2, 0.25) is 0 Å². The van der Waals surface area contributed by atoms with Crippen molar-refractivity contribution in [2.45, 2.75) is 6.43 Å². The molecule has 7 heteroatoms. The maximum Gasteiger partial charge on any atom is 0.283 e. The van der Waals surface area contributed by atoms with Crippen LogP contribution in [-0.2, 0) is 0 Å². The number of rotatable bonds is 3. The molecule has 82 valence electrons. The zero-order valence-electron chi connectivity index (χ0n) is 7.43. The molecule has 0 radical (unpaired) electrons. The van der Waals surface area contributed by atoms with E-state index in [-0.39, 0.29) is 5.56 Å². The Bertz CT molecular complexity index is 398. The van der Waals surface area contributed by atoms with Crippen molar-refractivity contribution in [2.75, 3.05) is 7.11 Å². The third kappa shape index (κ3) is 2.20. The molecule has 0 bridgehead atoms. The van der Waals surface area contributed by atoms with Gasteiger partial charge < -0.3 is 4.74 Å². The van der Waals surface area contributed by atoms with Gasteiger partial charge in [-0.3, -0.25) is 9.78 Å². The van der Waals surface area contributed by atoms with Crippen molar-refractivity contribution < 1.29 is 22.7 Å². The van der Waals surface area contributed by atoms with E-state index in [1.54, 1.807) is 0 Å². The Morgan fingerprint density at radius 1 is 1.60 bits per heavy atom. The van der Waals surface area contributed by atoms with Crippen LogP contribution in [0.3, 0.4) is 0 Å². The highest BCUT2D eigenvalue weighted by molar-refractivity contribution is 6.68.